The number of anilines is 1. The van der Waals surface area contributed by atoms with Gasteiger partial charge >= 0.3 is 0 Å². The summed E-state index contributed by atoms with van der Waals surface area (Å²) >= 11 is 0. The third-order valence-electron chi connectivity index (χ3n) is 7.63. The Hall–Kier alpha value is -2.82. The van der Waals surface area contributed by atoms with Crippen LogP contribution < -0.4 is 4.90 Å². The van der Waals surface area contributed by atoms with Gasteiger partial charge in [-0.25, -0.2) is 0 Å². The number of benzene rings is 2. The van der Waals surface area contributed by atoms with Gasteiger partial charge in [-0.2, -0.15) is 0 Å². The molecule has 1 saturated heterocycles. The molecule has 35 heavy (non-hydrogen) atoms. The van der Waals surface area contributed by atoms with Crippen LogP contribution in [0.15, 0.2) is 71.8 Å². The van der Waals surface area contributed by atoms with Gasteiger partial charge in [0.15, 0.2) is 0 Å². The van der Waals surface area contributed by atoms with Crippen LogP contribution in [0.3, 0.4) is 0 Å². The minimum Gasteiger partial charge on any atom is -0.508 e. The number of aliphatic hydroxyl groups is 1. The predicted molar refractivity (Wildman–Crippen MR) is 145 cm³/mol. The lowest BCUT2D eigenvalue weighted by Crippen LogP contribution is -2.32. The van der Waals surface area contributed by atoms with Crippen LogP contribution in [-0.2, 0) is 6.42 Å². The molecule has 2 aromatic carbocycles. The van der Waals surface area contributed by atoms with E-state index in [9.17, 15) is 10.2 Å². The fourth-order valence-corrected chi connectivity index (χ4v) is 5.78. The molecular weight excluding hydrogens is 432 g/mol. The molecular formula is C31H38N2O2. The van der Waals surface area contributed by atoms with Crippen molar-refractivity contribution in [2.24, 2.45) is 0 Å². The molecule has 5 rings (SSSR count). The molecule has 0 unspecified atom stereocenters. The van der Waals surface area contributed by atoms with Crippen molar-refractivity contribution in [2.75, 3.05) is 44.2 Å². The average molecular weight is 471 g/mol. The second-order valence-electron chi connectivity index (χ2n) is 10.00. The molecule has 2 aliphatic heterocycles. The van der Waals surface area contributed by atoms with Crippen molar-refractivity contribution in [3.05, 3.63) is 88.5 Å². The molecule has 4 heteroatoms. The van der Waals surface area contributed by atoms with E-state index in [4.69, 9.17) is 0 Å². The third-order valence-corrected chi connectivity index (χ3v) is 7.63. The van der Waals surface area contributed by atoms with Gasteiger partial charge in [0.25, 0.3) is 0 Å². The monoisotopic (exact) mass is 470 g/mol. The quantitative estimate of drug-likeness (QED) is 0.493. The van der Waals surface area contributed by atoms with Crippen LogP contribution in [0.1, 0.15) is 55.2 Å². The number of fused-ring (bicyclic) bond motifs is 1. The van der Waals surface area contributed by atoms with Crippen LogP contribution in [0.25, 0.3) is 5.57 Å². The number of hydrogen-bond acceptors (Lipinski definition) is 4. The predicted octanol–water partition coefficient (Wildman–Crippen LogP) is 5.70. The summed E-state index contributed by atoms with van der Waals surface area (Å²) in [7, 11) is 0. The summed E-state index contributed by atoms with van der Waals surface area (Å²) in [5.74, 6) is 0.282. The lowest BCUT2D eigenvalue weighted by atomic mass is 9.85. The first-order valence-corrected chi connectivity index (χ1v) is 13.3. The molecule has 1 aliphatic carbocycles. The highest BCUT2D eigenvalue weighted by Gasteiger charge is 2.23. The molecule has 1 fully saturated rings. The summed E-state index contributed by atoms with van der Waals surface area (Å²) < 4.78 is 0. The van der Waals surface area contributed by atoms with Gasteiger partial charge in [0, 0.05) is 31.9 Å². The smallest absolute Gasteiger partial charge is 0.115 e. The molecule has 2 aromatic rings. The maximum atomic E-state index is 9.94. The molecule has 0 radical (unpaired) electrons. The van der Waals surface area contributed by atoms with Crippen molar-refractivity contribution in [3.63, 3.8) is 0 Å². The van der Waals surface area contributed by atoms with E-state index in [0.717, 1.165) is 57.3 Å². The van der Waals surface area contributed by atoms with E-state index in [-0.39, 0.29) is 12.4 Å². The van der Waals surface area contributed by atoms with Gasteiger partial charge in [-0.05, 0) is 116 Å². The fraction of sp³-hybridized carbons (Fsp3) is 0.419. The number of phenolic OH excluding ortho intramolecular Hbond substituents is 1. The Morgan fingerprint density at radius 1 is 0.886 bits per heavy atom. The van der Waals surface area contributed by atoms with Crippen LogP contribution >= 0.6 is 0 Å². The number of allylic oxidation sites excluding steroid dienone is 5. The highest BCUT2D eigenvalue weighted by Crippen LogP contribution is 2.38. The Morgan fingerprint density at radius 3 is 2.43 bits per heavy atom. The van der Waals surface area contributed by atoms with Crippen LogP contribution in [0.2, 0.25) is 0 Å². The maximum absolute atomic E-state index is 9.94. The number of aliphatic hydroxyl groups excluding tert-OH is 1. The van der Waals surface area contributed by atoms with E-state index in [1.807, 2.05) is 12.1 Å². The topological polar surface area (TPSA) is 46.9 Å². The summed E-state index contributed by atoms with van der Waals surface area (Å²) in [6, 6.07) is 14.6. The standard InChI is InChI=1S/C31H38N2O2/c34-22-6-9-29(24-7-2-1-3-8-24)31(25-10-13-28(35)14-11-25)27-12-15-30-26(23-27)16-19-33(30)21-20-32-17-4-5-18-32/h2,7-8,10-15,23,34-35H,1,3-6,9,16-22H2/b31-29-. The molecule has 3 aliphatic rings. The first-order valence-electron chi connectivity index (χ1n) is 13.3. The SMILES string of the molecule is OCCC/C(C1=CCCC=C1)=C(\c1ccc(O)cc1)c1ccc2c(c1)CCN2CCN1CCCC1. The van der Waals surface area contributed by atoms with Crippen molar-refractivity contribution >= 4 is 11.3 Å². The van der Waals surface area contributed by atoms with E-state index >= 15 is 0 Å². The summed E-state index contributed by atoms with van der Waals surface area (Å²) in [6.45, 7) is 6.04. The van der Waals surface area contributed by atoms with Crippen LogP contribution in [0.5, 0.6) is 5.75 Å². The van der Waals surface area contributed by atoms with Crippen molar-refractivity contribution in [1.82, 2.24) is 4.90 Å². The number of aromatic hydroxyl groups is 1. The number of hydrogen-bond donors (Lipinski definition) is 2. The Kier molecular flexibility index (Phi) is 7.70. The van der Waals surface area contributed by atoms with Gasteiger partial charge < -0.3 is 20.0 Å². The molecule has 184 valence electrons. The number of rotatable bonds is 9. The minimum absolute atomic E-state index is 0.180. The normalized spacial score (nSPS) is 18.5. The van der Waals surface area contributed by atoms with Crippen molar-refractivity contribution in [1.29, 1.82) is 0 Å². The van der Waals surface area contributed by atoms with Crippen LogP contribution in [-0.4, -0.2) is 54.4 Å². The van der Waals surface area contributed by atoms with Crippen molar-refractivity contribution in [3.8, 4) is 5.75 Å². The molecule has 0 aromatic heterocycles. The fourth-order valence-electron chi connectivity index (χ4n) is 5.78. The molecule has 2 N–H and O–H groups in total. The zero-order valence-electron chi connectivity index (χ0n) is 20.8. The summed E-state index contributed by atoms with van der Waals surface area (Å²) in [4.78, 5) is 5.15. The Balaban J connectivity index is 1.51. The lowest BCUT2D eigenvalue weighted by molar-refractivity contribution is 0.289. The van der Waals surface area contributed by atoms with E-state index in [0.29, 0.717) is 0 Å². The van der Waals surface area contributed by atoms with Crippen molar-refractivity contribution < 1.29 is 10.2 Å². The van der Waals surface area contributed by atoms with E-state index in [1.54, 1.807) is 12.1 Å². The summed E-state index contributed by atoms with van der Waals surface area (Å²) in [5.41, 5.74) is 8.91. The molecule has 4 nitrogen and oxygen atoms in total. The molecule has 0 saturated carbocycles. The Bertz CT molecular complexity index is 1110. The number of phenols is 1. The van der Waals surface area contributed by atoms with Gasteiger partial charge in [0.05, 0.1) is 0 Å². The van der Waals surface area contributed by atoms with Gasteiger partial charge in [-0.3, -0.25) is 0 Å². The van der Waals surface area contributed by atoms with Gasteiger partial charge in [0.2, 0.25) is 0 Å². The molecule has 0 spiro atoms. The van der Waals surface area contributed by atoms with Crippen molar-refractivity contribution in [2.45, 2.75) is 44.9 Å². The zero-order valence-corrected chi connectivity index (χ0v) is 20.8. The van der Waals surface area contributed by atoms with Crippen LogP contribution in [0, 0.1) is 0 Å². The zero-order chi connectivity index (χ0) is 24.0. The van der Waals surface area contributed by atoms with E-state index in [2.05, 4.69) is 46.2 Å². The van der Waals surface area contributed by atoms with Gasteiger partial charge in [-0.1, -0.05) is 36.4 Å². The molecule has 0 amide bonds. The Labute approximate surface area is 209 Å². The molecule has 0 atom stereocenters. The highest BCUT2D eigenvalue weighted by molar-refractivity contribution is 5.86. The third kappa shape index (κ3) is 5.55. The van der Waals surface area contributed by atoms with E-state index in [1.165, 1.54) is 59.5 Å². The average Bonchev–Trinajstić information content (AvgIpc) is 3.56. The second kappa shape index (κ2) is 11.3. The maximum Gasteiger partial charge on any atom is 0.115 e. The lowest BCUT2D eigenvalue weighted by Gasteiger charge is -2.24. The summed E-state index contributed by atoms with van der Waals surface area (Å²) in [5, 5.41) is 19.6. The van der Waals surface area contributed by atoms with E-state index < -0.39 is 0 Å². The second-order valence-corrected chi connectivity index (χ2v) is 10.00. The first-order chi connectivity index (χ1) is 17.2. The Morgan fingerprint density at radius 2 is 1.69 bits per heavy atom. The van der Waals surface area contributed by atoms with Crippen LogP contribution in [0.4, 0.5) is 5.69 Å². The summed E-state index contributed by atoms with van der Waals surface area (Å²) in [6.07, 6.45) is 14.3. The van der Waals surface area contributed by atoms with Gasteiger partial charge in [-0.15, -0.1) is 0 Å². The number of nitrogens with zero attached hydrogens (tertiary/aromatic N) is 2. The van der Waals surface area contributed by atoms with Gasteiger partial charge in [0.1, 0.15) is 5.75 Å². The minimum atomic E-state index is 0.180. The molecule has 0 bridgehead atoms. The molecule has 2 heterocycles. The highest BCUT2D eigenvalue weighted by atomic mass is 16.3. The number of likely N-dealkylation sites (tertiary alicyclic amines) is 1. The first kappa shape index (κ1) is 23.9. The largest absolute Gasteiger partial charge is 0.508 e.